The Balaban J connectivity index is 1.86. The highest BCUT2D eigenvalue weighted by Gasteiger charge is 2.23. The summed E-state index contributed by atoms with van der Waals surface area (Å²) in [6.45, 7) is 0. The Kier molecular flexibility index (Phi) is 3.21. The molecule has 0 bridgehead atoms. The quantitative estimate of drug-likeness (QED) is 0.515. The van der Waals surface area contributed by atoms with E-state index in [0.717, 1.165) is 30.2 Å². The first-order chi connectivity index (χ1) is 10.0. The smallest absolute Gasteiger partial charge is 0.306 e. The Morgan fingerprint density at radius 3 is 2.86 bits per heavy atom. The molecule has 0 amide bonds. The molecule has 5 nitrogen and oxygen atoms in total. The van der Waals surface area contributed by atoms with Gasteiger partial charge in [0.2, 0.25) is 5.82 Å². The van der Waals surface area contributed by atoms with Crippen LogP contribution in [0.1, 0.15) is 23.6 Å². The van der Waals surface area contributed by atoms with Gasteiger partial charge in [-0.3, -0.25) is 10.1 Å². The van der Waals surface area contributed by atoms with E-state index in [-0.39, 0.29) is 6.04 Å². The molecule has 0 aromatic heterocycles. The van der Waals surface area contributed by atoms with Crippen molar-refractivity contribution >= 4 is 17.1 Å². The predicted molar refractivity (Wildman–Crippen MR) is 78.6 cm³/mol. The van der Waals surface area contributed by atoms with Gasteiger partial charge in [0.15, 0.2) is 0 Å². The summed E-state index contributed by atoms with van der Waals surface area (Å²) in [5.74, 6) is -0.829. The lowest BCUT2D eigenvalue weighted by molar-refractivity contribution is -0.387. The number of benzene rings is 2. The van der Waals surface area contributed by atoms with Crippen LogP contribution < -0.4 is 11.1 Å². The van der Waals surface area contributed by atoms with Gasteiger partial charge in [0.25, 0.3) is 0 Å². The first-order valence-corrected chi connectivity index (χ1v) is 6.63. The number of halogens is 1. The predicted octanol–water partition coefficient (Wildman–Crippen LogP) is 3.42. The van der Waals surface area contributed by atoms with E-state index < -0.39 is 16.4 Å². The van der Waals surface area contributed by atoms with Crippen LogP contribution in [0.25, 0.3) is 0 Å². The lowest BCUT2D eigenvalue weighted by Crippen LogP contribution is -2.07. The summed E-state index contributed by atoms with van der Waals surface area (Å²) in [5, 5.41) is 14.0. The van der Waals surface area contributed by atoms with Crippen LogP contribution in [0.3, 0.4) is 0 Å². The largest absolute Gasteiger partial charge is 0.399 e. The fourth-order valence-corrected chi connectivity index (χ4v) is 2.73. The minimum atomic E-state index is -0.829. The standard InChI is InChI=1S/C15H14FN3O2/c16-13-5-3-11(8-15(13)19(20)21)18-14-6-1-9-7-10(17)2-4-12(9)14/h2-5,7-8,14,18H,1,6,17H2. The molecule has 1 unspecified atom stereocenters. The Hall–Kier alpha value is -2.63. The normalized spacial score (nSPS) is 16.5. The summed E-state index contributed by atoms with van der Waals surface area (Å²) in [7, 11) is 0. The van der Waals surface area contributed by atoms with Crippen LogP contribution in [0.5, 0.6) is 0 Å². The van der Waals surface area contributed by atoms with Gasteiger partial charge in [0.05, 0.1) is 11.0 Å². The number of fused-ring (bicyclic) bond motifs is 1. The lowest BCUT2D eigenvalue weighted by atomic mass is 10.1. The maximum Gasteiger partial charge on any atom is 0.306 e. The molecule has 1 aliphatic rings. The number of nitro groups is 1. The number of rotatable bonds is 3. The van der Waals surface area contributed by atoms with Crippen molar-refractivity contribution in [2.24, 2.45) is 0 Å². The van der Waals surface area contributed by atoms with E-state index >= 15 is 0 Å². The van der Waals surface area contributed by atoms with Crippen LogP contribution in [-0.4, -0.2) is 4.92 Å². The minimum Gasteiger partial charge on any atom is -0.399 e. The van der Waals surface area contributed by atoms with Gasteiger partial charge in [0.1, 0.15) is 0 Å². The summed E-state index contributed by atoms with van der Waals surface area (Å²) >= 11 is 0. The monoisotopic (exact) mass is 287 g/mol. The van der Waals surface area contributed by atoms with Crippen LogP contribution in [0.15, 0.2) is 36.4 Å². The molecule has 0 spiro atoms. The number of hydrogen-bond donors (Lipinski definition) is 2. The molecule has 0 heterocycles. The van der Waals surface area contributed by atoms with Crippen LogP contribution in [0.4, 0.5) is 21.5 Å². The number of nitro benzene ring substituents is 1. The number of aryl methyl sites for hydroxylation is 1. The molecule has 0 saturated heterocycles. The molecule has 0 saturated carbocycles. The summed E-state index contributed by atoms with van der Waals surface area (Å²) in [6.07, 6.45) is 1.78. The number of nitrogens with one attached hydrogen (secondary N) is 1. The van der Waals surface area contributed by atoms with Crippen molar-refractivity contribution in [1.29, 1.82) is 0 Å². The molecule has 2 aromatic rings. The van der Waals surface area contributed by atoms with E-state index in [1.807, 2.05) is 18.2 Å². The van der Waals surface area contributed by atoms with Crippen molar-refractivity contribution in [2.45, 2.75) is 18.9 Å². The van der Waals surface area contributed by atoms with Gasteiger partial charge in [-0.25, -0.2) is 0 Å². The Morgan fingerprint density at radius 2 is 2.10 bits per heavy atom. The molecular formula is C15H14FN3O2. The van der Waals surface area contributed by atoms with E-state index in [2.05, 4.69) is 5.32 Å². The van der Waals surface area contributed by atoms with Crippen molar-refractivity contribution in [2.75, 3.05) is 11.1 Å². The average Bonchev–Trinajstić information content (AvgIpc) is 2.83. The Labute approximate surface area is 120 Å². The SMILES string of the molecule is Nc1ccc2c(c1)CCC2Nc1ccc(F)c([N+](=O)[O-])c1. The Morgan fingerprint density at radius 1 is 1.29 bits per heavy atom. The molecule has 1 atom stereocenters. The second-order valence-electron chi connectivity index (χ2n) is 5.12. The van der Waals surface area contributed by atoms with E-state index in [4.69, 9.17) is 5.73 Å². The molecular weight excluding hydrogens is 273 g/mol. The van der Waals surface area contributed by atoms with E-state index in [1.165, 1.54) is 17.7 Å². The van der Waals surface area contributed by atoms with Crippen molar-refractivity contribution in [1.82, 2.24) is 0 Å². The molecule has 1 aliphatic carbocycles. The molecule has 2 aromatic carbocycles. The molecule has 0 aliphatic heterocycles. The molecule has 108 valence electrons. The number of nitrogens with two attached hydrogens (primary N) is 1. The zero-order valence-electron chi connectivity index (χ0n) is 11.2. The highest BCUT2D eigenvalue weighted by Crippen LogP contribution is 2.35. The third-order valence-electron chi connectivity index (χ3n) is 3.73. The zero-order chi connectivity index (χ0) is 15.0. The minimum absolute atomic E-state index is 0.0608. The van der Waals surface area contributed by atoms with Crippen LogP contribution in [-0.2, 0) is 6.42 Å². The second kappa shape index (κ2) is 5.05. The summed E-state index contributed by atoms with van der Waals surface area (Å²) < 4.78 is 13.3. The van der Waals surface area contributed by atoms with Gasteiger partial charge >= 0.3 is 5.69 Å². The fraction of sp³-hybridized carbons (Fsp3) is 0.200. The topological polar surface area (TPSA) is 81.2 Å². The van der Waals surface area contributed by atoms with Gasteiger partial charge in [-0.1, -0.05) is 6.07 Å². The fourth-order valence-electron chi connectivity index (χ4n) is 2.73. The second-order valence-corrected chi connectivity index (χ2v) is 5.12. The lowest BCUT2D eigenvalue weighted by Gasteiger charge is -2.15. The highest BCUT2D eigenvalue weighted by atomic mass is 19.1. The van der Waals surface area contributed by atoms with Gasteiger partial charge in [-0.05, 0) is 48.2 Å². The maximum atomic E-state index is 13.3. The zero-order valence-corrected chi connectivity index (χ0v) is 11.2. The summed E-state index contributed by atoms with van der Waals surface area (Å²) in [5.41, 5.74) is 8.83. The molecule has 0 radical (unpaired) electrons. The van der Waals surface area contributed by atoms with Crippen LogP contribution >= 0.6 is 0 Å². The van der Waals surface area contributed by atoms with E-state index in [1.54, 1.807) is 0 Å². The number of nitrogens with zero attached hydrogens (tertiary/aromatic N) is 1. The molecule has 6 heteroatoms. The van der Waals surface area contributed by atoms with Gasteiger partial charge < -0.3 is 11.1 Å². The van der Waals surface area contributed by atoms with Crippen LogP contribution in [0, 0.1) is 15.9 Å². The molecule has 3 rings (SSSR count). The molecule has 0 fully saturated rings. The van der Waals surface area contributed by atoms with Gasteiger partial charge in [-0.2, -0.15) is 4.39 Å². The van der Waals surface area contributed by atoms with Crippen molar-refractivity contribution in [3.8, 4) is 0 Å². The first kappa shape index (κ1) is 13.4. The number of anilines is 2. The third-order valence-corrected chi connectivity index (χ3v) is 3.73. The Bertz CT molecular complexity index is 718. The molecule has 21 heavy (non-hydrogen) atoms. The van der Waals surface area contributed by atoms with Crippen molar-refractivity contribution < 1.29 is 9.31 Å². The molecule has 3 N–H and O–H groups in total. The summed E-state index contributed by atoms with van der Waals surface area (Å²) in [6, 6.07) is 9.66. The number of nitrogen functional groups attached to an aromatic ring is 1. The first-order valence-electron chi connectivity index (χ1n) is 6.63. The maximum absolute atomic E-state index is 13.3. The highest BCUT2D eigenvalue weighted by molar-refractivity contribution is 5.55. The van der Waals surface area contributed by atoms with E-state index in [9.17, 15) is 14.5 Å². The van der Waals surface area contributed by atoms with Gasteiger partial charge in [-0.15, -0.1) is 0 Å². The average molecular weight is 287 g/mol. The van der Waals surface area contributed by atoms with Crippen molar-refractivity contribution in [3.63, 3.8) is 0 Å². The van der Waals surface area contributed by atoms with Crippen LogP contribution in [0.2, 0.25) is 0 Å². The number of hydrogen-bond acceptors (Lipinski definition) is 4. The van der Waals surface area contributed by atoms with Gasteiger partial charge in [0, 0.05) is 17.4 Å². The van der Waals surface area contributed by atoms with Crippen molar-refractivity contribution in [3.05, 3.63) is 63.5 Å². The summed E-state index contributed by atoms with van der Waals surface area (Å²) in [4.78, 5) is 10.1. The van der Waals surface area contributed by atoms with E-state index in [0.29, 0.717) is 5.69 Å². The third kappa shape index (κ3) is 2.52.